The van der Waals surface area contributed by atoms with Crippen LogP contribution < -0.4 is 5.32 Å². The van der Waals surface area contributed by atoms with Gasteiger partial charge in [-0.15, -0.1) is 0 Å². The zero-order valence-corrected chi connectivity index (χ0v) is 11.8. The van der Waals surface area contributed by atoms with E-state index in [1.54, 1.807) is 6.26 Å². The summed E-state index contributed by atoms with van der Waals surface area (Å²) >= 11 is 0. The minimum Gasteiger partial charge on any atom is -0.311 e. The highest BCUT2D eigenvalue weighted by atomic mass is 32.2. The van der Waals surface area contributed by atoms with Crippen LogP contribution in [0.25, 0.3) is 0 Å². The van der Waals surface area contributed by atoms with Gasteiger partial charge in [-0.25, -0.2) is 0 Å². The Kier molecular flexibility index (Phi) is 6.59. The molecule has 16 heavy (non-hydrogen) atoms. The summed E-state index contributed by atoms with van der Waals surface area (Å²) in [6.07, 6.45) is 9.60. The van der Waals surface area contributed by atoms with Gasteiger partial charge >= 0.3 is 0 Å². The summed E-state index contributed by atoms with van der Waals surface area (Å²) in [6, 6.07) is 1.22. The zero-order chi connectivity index (χ0) is 12.0. The van der Waals surface area contributed by atoms with Gasteiger partial charge in [-0.3, -0.25) is 4.21 Å². The first-order valence-corrected chi connectivity index (χ1v) is 8.36. The number of hydrogen-bond donors (Lipinski definition) is 1. The van der Waals surface area contributed by atoms with Crippen LogP contribution in [-0.2, 0) is 10.8 Å². The van der Waals surface area contributed by atoms with Crippen LogP contribution in [0.3, 0.4) is 0 Å². The van der Waals surface area contributed by atoms with Gasteiger partial charge in [-0.05, 0) is 38.5 Å². The maximum Gasteiger partial charge on any atom is 0.0246 e. The van der Waals surface area contributed by atoms with Crippen molar-refractivity contribution < 1.29 is 4.21 Å². The van der Waals surface area contributed by atoms with Gasteiger partial charge in [0.25, 0.3) is 0 Å². The minimum atomic E-state index is -0.642. The summed E-state index contributed by atoms with van der Waals surface area (Å²) in [4.78, 5) is 0. The minimum absolute atomic E-state index is 0.516. The molecule has 0 saturated heterocycles. The lowest BCUT2D eigenvalue weighted by Gasteiger charge is -2.21. The van der Waals surface area contributed by atoms with Crippen LogP contribution >= 0.6 is 0 Å². The molecule has 0 aromatic rings. The molecule has 0 amide bonds. The number of rotatable bonds is 5. The molecule has 0 spiro atoms. The van der Waals surface area contributed by atoms with Crippen molar-refractivity contribution >= 4 is 10.8 Å². The fraction of sp³-hybridized carbons (Fsp3) is 1.00. The van der Waals surface area contributed by atoms with E-state index in [1.165, 1.54) is 32.1 Å². The van der Waals surface area contributed by atoms with Gasteiger partial charge in [0, 0.05) is 34.9 Å². The van der Waals surface area contributed by atoms with Crippen LogP contribution in [0.4, 0.5) is 0 Å². The first kappa shape index (κ1) is 14.2. The van der Waals surface area contributed by atoms with Crippen molar-refractivity contribution in [3.63, 3.8) is 0 Å². The summed E-state index contributed by atoms with van der Waals surface area (Å²) in [5, 5.41) is 3.70. The van der Waals surface area contributed by atoms with Crippen LogP contribution in [0.15, 0.2) is 0 Å². The van der Waals surface area contributed by atoms with E-state index in [0.29, 0.717) is 12.1 Å². The smallest absolute Gasteiger partial charge is 0.0246 e. The molecule has 1 aliphatic carbocycles. The van der Waals surface area contributed by atoms with E-state index in [9.17, 15) is 4.21 Å². The van der Waals surface area contributed by atoms with Crippen molar-refractivity contribution in [1.82, 2.24) is 5.32 Å². The summed E-state index contributed by atoms with van der Waals surface area (Å²) in [5.74, 6) is 1.74. The summed E-state index contributed by atoms with van der Waals surface area (Å²) in [5.41, 5.74) is 0. The third-order valence-corrected chi connectivity index (χ3v) is 4.43. The van der Waals surface area contributed by atoms with Gasteiger partial charge in [0.05, 0.1) is 0 Å². The zero-order valence-electron chi connectivity index (χ0n) is 11.0. The maximum absolute atomic E-state index is 11.0. The van der Waals surface area contributed by atoms with Gasteiger partial charge in [0.1, 0.15) is 0 Å². The second-order valence-corrected chi connectivity index (χ2v) is 7.00. The lowest BCUT2D eigenvalue weighted by Crippen LogP contribution is -2.37. The van der Waals surface area contributed by atoms with Gasteiger partial charge in [0.2, 0.25) is 0 Å². The number of hydrogen-bond acceptors (Lipinski definition) is 2. The molecular weight excluding hydrogens is 218 g/mol. The van der Waals surface area contributed by atoms with Crippen molar-refractivity contribution in [2.45, 2.75) is 64.5 Å². The first-order valence-electron chi connectivity index (χ1n) is 6.64. The molecule has 0 heterocycles. The van der Waals surface area contributed by atoms with Crippen LogP contribution in [-0.4, -0.2) is 28.3 Å². The Morgan fingerprint density at radius 2 is 2.06 bits per heavy atom. The molecule has 0 aromatic heterocycles. The Labute approximate surface area is 103 Å². The second kappa shape index (κ2) is 7.44. The molecule has 0 radical (unpaired) electrons. The van der Waals surface area contributed by atoms with E-state index in [4.69, 9.17) is 0 Å². The van der Waals surface area contributed by atoms with Crippen molar-refractivity contribution in [3.05, 3.63) is 0 Å². The molecule has 1 fully saturated rings. The van der Waals surface area contributed by atoms with Gasteiger partial charge in [-0.2, -0.15) is 0 Å². The second-order valence-electron chi connectivity index (χ2n) is 5.44. The third-order valence-electron chi connectivity index (χ3n) is 3.62. The van der Waals surface area contributed by atoms with Crippen molar-refractivity contribution in [1.29, 1.82) is 0 Å². The predicted octanol–water partition coefficient (Wildman–Crippen LogP) is 2.70. The molecule has 1 rings (SSSR count). The predicted molar refractivity (Wildman–Crippen MR) is 72.2 cm³/mol. The molecule has 4 atom stereocenters. The van der Waals surface area contributed by atoms with Gasteiger partial charge in [-0.1, -0.05) is 19.8 Å². The van der Waals surface area contributed by atoms with Crippen LogP contribution in [0.1, 0.15) is 52.4 Å². The summed E-state index contributed by atoms with van der Waals surface area (Å²) in [7, 11) is -0.642. The molecule has 96 valence electrons. The van der Waals surface area contributed by atoms with Gasteiger partial charge < -0.3 is 5.32 Å². The topological polar surface area (TPSA) is 29.1 Å². The standard InChI is InChI=1S/C13H27NOS/c1-11-5-4-6-13(8-7-11)14-12(2)9-10-16(3)15/h11-14H,4-10H2,1-3H3. The van der Waals surface area contributed by atoms with E-state index in [0.717, 1.165) is 18.1 Å². The SMILES string of the molecule is CC1CCCC(NC(C)CCS(C)=O)CC1. The molecular formula is C13H27NOS. The molecule has 1 saturated carbocycles. The highest BCUT2D eigenvalue weighted by Gasteiger charge is 2.17. The Balaban J connectivity index is 2.21. The maximum atomic E-state index is 11.0. The van der Waals surface area contributed by atoms with E-state index >= 15 is 0 Å². The number of nitrogens with one attached hydrogen (secondary N) is 1. The van der Waals surface area contributed by atoms with Crippen LogP contribution in [0, 0.1) is 5.92 Å². The van der Waals surface area contributed by atoms with Crippen molar-refractivity contribution in [3.8, 4) is 0 Å². The first-order chi connectivity index (χ1) is 7.58. The van der Waals surface area contributed by atoms with Crippen LogP contribution in [0.5, 0.6) is 0 Å². The van der Waals surface area contributed by atoms with E-state index < -0.39 is 10.8 Å². The quantitative estimate of drug-likeness (QED) is 0.755. The largest absolute Gasteiger partial charge is 0.311 e. The molecule has 1 aliphatic rings. The fourth-order valence-corrected chi connectivity index (χ4v) is 3.17. The molecule has 4 unspecified atom stereocenters. The lowest BCUT2D eigenvalue weighted by molar-refractivity contribution is 0.397. The van der Waals surface area contributed by atoms with E-state index in [1.807, 2.05) is 0 Å². The van der Waals surface area contributed by atoms with Crippen molar-refractivity contribution in [2.24, 2.45) is 5.92 Å². The highest BCUT2D eigenvalue weighted by Crippen LogP contribution is 2.22. The van der Waals surface area contributed by atoms with E-state index in [2.05, 4.69) is 19.2 Å². The van der Waals surface area contributed by atoms with Crippen LogP contribution in [0.2, 0.25) is 0 Å². The Bertz CT molecular complexity index is 220. The average molecular weight is 245 g/mol. The molecule has 1 N–H and O–H groups in total. The van der Waals surface area contributed by atoms with E-state index in [-0.39, 0.29) is 0 Å². The third kappa shape index (κ3) is 6.00. The lowest BCUT2D eigenvalue weighted by atomic mass is 10.0. The Hall–Kier alpha value is 0.110. The Morgan fingerprint density at radius 1 is 1.31 bits per heavy atom. The van der Waals surface area contributed by atoms with Crippen molar-refractivity contribution in [2.75, 3.05) is 12.0 Å². The Morgan fingerprint density at radius 3 is 2.75 bits per heavy atom. The highest BCUT2D eigenvalue weighted by molar-refractivity contribution is 7.84. The molecule has 0 aliphatic heterocycles. The normalized spacial score (nSPS) is 30.7. The monoisotopic (exact) mass is 245 g/mol. The summed E-state index contributed by atoms with van der Waals surface area (Å²) < 4.78 is 11.0. The van der Waals surface area contributed by atoms with Gasteiger partial charge in [0.15, 0.2) is 0 Å². The average Bonchev–Trinajstić information content (AvgIpc) is 2.41. The molecule has 2 nitrogen and oxygen atoms in total. The molecule has 3 heteroatoms. The molecule has 0 aromatic carbocycles. The molecule has 0 bridgehead atoms. The fourth-order valence-electron chi connectivity index (χ4n) is 2.48. The summed E-state index contributed by atoms with van der Waals surface area (Å²) in [6.45, 7) is 4.59.